The number of hydrogen-bond donors (Lipinski definition) is 1. The highest BCUT2D eigenvalue weighted by atomic mass is 32.1. The molecule has 3 aromatic rings. The minimum atomic E-state index is -0.757. The van der Waals surface area contributed by atoms with E-state index in [4.69, 9.17) is 9.15 Å². The van der Waals surface area contributed by atoms with E-state index in [1.165, 1.54) is 17.6 Å². The number of para-hydroxylation sites is 1. The molecule has 0 radical (unpaired) electrons. The number of esters is 1. The zero-order chi connectivity index (χ0) is 17.8. The Bertz CT molecular complexity index is 837. The monoisotopic (exact) mass is 358 g/mol. The summed E-state index contributed by atoms with van der Waals surface area (Å²) in [4.78, 5) is 28.9. The highest BCUT2D eigenvalue weighted by molar-refractivity contribution is 7.18. The zero-order valence-corrected chi connectivity index (χ0v) is 14.7. The Kier molecular flexibility index (Phi) is 5.14. The van der Waals surface area contributed by atoms with Crippen LogP contribution in [-0.2, 0) is 16.1 Å². The summed E-state index contributed by atoms with van der Waals surface area (Å²) in [7, 11) is 0. The lowest BCUT2D eigenvalue weighted by atomic mass is 10.0. The summed E-state index contributed by atoms with van der Waals surface area (Å²) in [5, 5.41) is 3.37. The summed E-state index contributed by atoms with van der Waals surface area (Å²) in [6.07, 6.45) is 1.41. The highest BCUT2D eigenvalue weighted by Crippen LogP contribution is 2.22. The van der Waals surface area contributed by atoms with E-state index in [1.54, 1.807) is 12.1 Å². The Morgan fingerprint density at radius 1 is 1.24 bits per heavy atom. The molecule has 1 N–H and O–H groups in total. The van der Waals surface area contributed by atoms with Gasteiger partial charge in [-0.25, -0.2) is 9.78 Å². The van der Waals surface area contributed by atoms with Crippen molar-refractivity contribution >= 4 is 33.4 Å². The molecule has 0 aliphatic carbocycles. The zero-order valence-electron chi connectivity index (χ0n) is 13.9. The Labute approximate surface area is 148 Å². The third kappa shape index (κ3) is 4.06. The van der Waals surface area contributed by atoms with Crippen molar-refractivity contribution in [2.24, 2.45) is 5.92 Å². The molecule has 0 saturated heterocycles. The van der Waals surface area contributed by atoms with Crippen LogP contribution in [0.2, 0.25) is 0 Å². The molecule has 1 amide bonds. The van der Waals surface area contributed by atoms with Crippen LogP contribution in [0.3, 0.4) is 0 Å². The van der Waals surface area contributed by atoms with Crippen molar-refractivity contribution in [2.75, 3.05) is 0 Å². The topological polar surface area (TPSA) is 81.4 Å². The molecule has 2 aromatic heterocycles. The molecule has 2 heterocycles. The number of furan rings is 1. The van der Waals surface area contributed by atoms with Crippen LogP contribution in [0, 0.1) is 5.92 Å². The molecule has 130 valence electrons. The first kappa shape index (κ1) is 17.2. The second-order valence-corrected chi connectivity index (χ2v) is 6.97. The van der Waals surface area contributed by atoms with Crippen molar-refractivity contribution in [2.45, 2.75) is 26.5 Å². The number of hydrogen-bond acceptors (Lipinski definition) is 6. The smallest absolute Gasteiger partial charge is 0.329 e. The maximum atomic E-state index is 12.4. The van der Waals surface area contributed by atoms with E-state index in [-0.39, 0.29) is 18.3 Å². The number of fused-ring (bicyclic) bond motifs is 1. The van der Waals surface area contributed by atoms with Gasteiger partial charge in [0.15, 0.2) is 5.76 Å². The maximum absolute atomic E-state index is 12.4. The molecular formula is C18H18N2O4S. The van der Waals surface area contributed by atoms with Gasteiger partial charge in [0.1, 0.15) is 17.7 Å². The Balaban J connectivity index is 1.63. The molecule has 0 aliphatic heterocycles. The van der Waals surface area contributed by atoms with Gasteiger partial charge in [0.05, 0.1) is 16.5 Å². The summed E-state index contributed by atoms with van der Waals surface area (Å²) in [6.45, 7) is 3.76. The Morgan fingerprint density at radius 3 is 2.72 bits per heavy atom. The number of nitrogens with zero attached hydrogens (tertiary/aromatic N) is 1. The number of aromatic nitrogens is 1. The van der Waals surface area contributed by atoms with Gasteiger partial charge >= 0.3 is 5.97 Å². The number of ether oxygens (including phenoxy) is 1. The standard InChI is InChI=1S/C18H18N2O4S/c1-11(2)16(20-17(21)13-7-5-9-23-13)18(22)24-10-15-19-12-6-3-4-8-14(12)25-15/h3-9,11,16H,10H2,1-2H3,(H,20,21). The highest BCUT2D eigenvalue weighted by Gasteiger charge is 2.27. The molecule has 0 fully saturated rings. The number of nitrogens with one attached hydrogen (secondary N) is 1. The van der Waals surface area contributed by atoms with Gasteiger partial charge < -0.3 is 14.5 Å². The van der Waals surface area contributed by atoms with Crippen LogP contribution in [0.15, 0.2) is 47.1 Å². The van der Waals surface area contributed by atoms with E-state index in [0.29, 0.717) is 0 Å². The predicted molar refractivity (Wildman–Crippen MR) is 94.2 cm³/mol. The third-order valence-electron chi connectivity index (χ3n) is 3.63. The maximum Gasteiger partial charge on any atom is 0.329 e. The lowest BCUT2D eigenvalue weighted by Crippen LogP contribution is -2.45. The number of carbonyl (C=O) groups excluding carboxylic acids is 2. The van der Waals surface area contributed by atoms with E-state index in [0.717, 1.165) is 15.2 Å². The van der Waals surface area contributed by atoms with Gasteiger partial charge in [0.2, 0.25) is 0 Å². The first-order chi connectivity index (χ1) is 12.0. The summed E-state index contributed by atoms with van der Waals surface area (Å²) in [5.74, 6) is -0.902. The van der Waals surface area contributed by atoms with Crippen LogP contribution in [0.5, 0.6) is 0 Å². The van der Waals surface area contributed by atoms with Gasteiger partial charge in [0, 0.05) is 0 Å². The van der Waals surface area contributed by atoms with Crippen molar-refractivity contribution in [1.82, 2.24) is 10.3 Å². The second kappa shape index (κ2) is 7.48. The van der Waals surface area contributed by atoms with E-state index in [2.05, 4.69) is 10.3 Å². The summed E-state index contributed by atoms with van der Waals surface area (Å²) >= 11 is 1.48. The van der Waals surface area contributed by atoms with Gasteiger partial charge in [-0.3, -0.25) is 4.79 Å². The van der Waals surface area contributed by atoms with Crippen LogP contribution in [0.25, 0.3) is 10.2 Å². The molecular weight excluding hydrogens is 340 g/mol. The van der Waals surface area contributed by atoms with Crippen molar-refractivity contribution in [3.8, 4) is 0 Å². The molecule has 1 atom stereocenters. The van der Waals surface area contributed by atoms with E-state index < -0.39 is 17.9 Å². The van der Waals surface area contributed by atoms with Crippen molar-refractivity contribution in [1.29, 1.82) is 0 Å². The first-order valence-corrected chi connectivity index (χ1v) is 8.71. The number of carbonyl (C=O) groups is 2. The molecule has 0 spiro atoms. The molecule has 0 aliphatic rings. The number of benzene rings is 1. The Morgan fingerprint density at radius 2 is 2.04 bits per heavy atom. The van der Waals surface area contributed by atoms with Crippen LogP contribution in [-0.4, -0.2) is 22.9 Å². The molecule has 1 aromatic carbocycles. The molecule has 25 heavy (non-hydrogen) atoms. The molecule has 0 bridgehead atoms. The van der Waals surface area contributed by atoms with Gasteiger partial charge in [-0.15, -0.1) is 11.3 Å². The summed E-state index contributed by atoms with van der Waals surface area (Å²) < 4.78 is 11.5. The molecule has 6 nitrogen and oxygen atoms in total. The van der Waals surface area contributed by atoms with Crippen molar-refractivity contribution < 1.29 is 18.7 Å². The van der Waals surface area contributed by atoms with Crippen LogP contribution in [0.1, 0.15) is 29.4 Å². The Hall–Kier alpha value is -2.67. The minimum Gasteiger partial charge on any atom is -0.459 e. The lowest BCUT2D eigenvalue weighted by molar-refractivity contribution is -0.148. The van der Waals surface area contributed by atoms with Crippen molar-refractivity contribution in [3.63, 3.8) is 0 Å². The third-order valence-corrected chi connectivity index (χ3v) is 4.64. The number of thiazole rings is 1. The molecule has 3 rings (SSSR count). The summed E-state index contributed by atoms with van der Waals surface area (Å²) in [6, 6.07) is 10.1. The fourth-order valence-electron chi connectivity index (χ4n) is 2.32. The van der Waals surface area contributed by atoms with E-state index in [9.17, 15) is 9.59 Å². The van der Waals surface area contributed by atoms with Gasteiger partial charge in [-0.1, -0.05) is 26.0 Å². The minimum absolute atomic E-state index is 0.0814. The van der Waals surface area contributed by atoms with Crippen LogP contribution >= 0.6 is 11.3 Å². The SMILES string of the molecule is CC(C)C(NC(=O)c1ccco1)C(=O)OCc1nc2ccccc2s1. The lowest BCUT2D eigenvalue weighted by Gasteiger charge is -2.20. The summed E-state index contributed by atoms with van der Waals surface area (Å²) in [5.41, 5.74) is 0.880. The fourth-order valence-corrected chi connectivity index (χ4v) is 3.20. The molecule has 7 heteroatoms. The van der Waals surface area contributed by atoms with E-state index >= 15 is 0 Å². The van der Waals surface area contributed by atoms with Crippen LogP contribution < -0.4 is 5.32 Å². The van der Waals surface area contributed by atoms with Crippen molar-refractivity contribution in [3.05, 3.63) is 53.4 Å². The fraction of sp³-hybridized carbons (Fsp3) is 0.278. The largest absolute Gasteiger partial charge is 0.459 e. The number of rotatable bonds is 6. The molecule has 0 saturated carbocycles. The van der Waals surface area contributed by atoms with Gasteiger partial charge in [-0.05, 0) is 30.2 Å². The quantitative estimate of drug-likeness (QED) is 0.683. The average molecular weight is 358 g/mol. The normalized spacial score (nSPS) is 12.3. The second-order valence-electron chi connectivity index (χ2n) is 5.86. The first-order valence-electron chi connectivity index (χ1n) is 7.90. The van der Waals surface area contributed by atoms with Crippen LogP contribution in [0.4, 0.5) is 0 Å². The van der Waals surface area contributed by atoms with Gasteiger partial charge in [-0.2, -0.15) is 0 Å². The van der Waals surface area contributed by atoms with E-state index in [1.807, 2.05) is 38.1 Å². The number of amides is 1. The molecule has 1 unspecified atom stereocenters. The average Bonchev–Trinajstić information content (AvgIpc) is 3.25. The van der Waals surface area contributed by atoms with Gasteiger partial charge in [0.25, 0.3) is 5.91 Å². The predicted octanol–water partition coefficient (Wildman–Crippen LogP) is 3.39.